The second kappa shape index (κ2) is 5.42. The third-order valence-corrected chi connectivity index (χ3v) is 3.91. The van der Waals surface area contributed by atoms with E-state index in [0.29, 0.717) is 6.54 Å². The Morgan fingerprint density at radius 2 is 2.25 bits per heavy atom. The van der Waals surface area contributed by atoms with Crippen LogP contribution in [0, 0.1) is 6.92 Å². The Labute approximate surface area is 120 Å². The molecule has 0 aliphatic heterocycles. The Kier molecular flexibility index (Phi) is 3.47. The van der Waals surface area contributed by atoms with Crippen LogP contribution in [-0.2, 0) is 17.9 Å². The van der Waals surface area contributed by atoms with E-state index in [1.54, 1.807) is 17.7 Å². The third kappa shape index (κ3) is 2.70. The molecule has 20 heavy (non-hydrogen) atoms. The summed E-state index contributed by atoms with van der Waals surface area (Å²) in [6, 6.07) is 7.77. The van der Waals surface area contributed by atoms with Gasteiger partial charge in [-0.15, -0.1) is 11.3 Å². The van der Waals surface area contributed by atoms with Gasteiger partial charge in [0.25, 0.3) is 0 Å². The molecule has 1 aromatic carbocycles. The summed E-state index contributed by atoms with van der Waals surface area (Å²) in [5, 5.41) is 5.78. The smallest absolute Gasteiger partial charge is 0.240 e. The molecule has 0 radical (unpaired) electrons. The second-order valence-electron chi connectivity index (χ2n) is 4.52. The monoisotopic (exact) mass is 286 g/mol. The average molecular weight is 286 g/mol. The number of thiazole rings is 1. The van der Waals surface area contributed by atoms with E-state index in [-0.39, 0.29) is 12.5 Å². The minimum absolute atomic E-state index is 0.0407. The number of benzene rings is 1. The maximum atomic E-state index is 12.0. The predicted octanol–water partition coefficient (Wildman–Crippen LogP) is 2.12. The van der Waals surface area contributed by atoms with Gasteiger partial charge >= 0.3 is 0 Å². The molecule has 0 saturated carbocycles. The van der Waals surface area contributed by atoms with Gasteiger partial charge in [-0.25, -0.2) is 9.97 Å². The number of nitrogens with zero attached hydrogens (tertiary/aromatic N) is 3. The summed E-state index contributed by atoms with van der Waals surface area (Å²) in [6.45, 7) is 2.69. The Balaban J connectivity index is 1.64. The molecule has 0 fully saturated rings. The first-order valence-corrected chi connectivity index (χ1v) is 7.18. The first kappa shape index (κ1) is 12.8. The SMILES string of the molecule is Cc1csc(CNC(=O)Cn2cnc3ccccc32)n1. The first-order chi connectivity index (χ1) is 9.72. The van der Waals surface area contributed by atoms with Crippen LogP contribution in [0.3, 0.4) is 0 Å². The van der Waals surface area contributed by atoms with Crippen LogP contribution < -0.4 is 5.32 Å². The van der Waals surface area contributed by atoms with Crippen LogP contribution >= 0.6 is 11.3 Å². The fourth-order valence-corrected chi connectivity index (χ4v) is 2.72. The Morgan fingerprint density at radius 3 is 3.05 bits per heavy atom. The van der Waals surface area contributed by atoms with E-state index >= 15 is 0 Å². The number of carbonyl (C=O) groups excluding carboxylic acids is 1. The maximum absolute atomic E-state index is 12.0. The fraction of sp³-hybridized carbons (Fsp3) is 0.214. The number of aromatic nitrogens is 3. The minimum atomic E-state index is -0.0407. The molecule has 0 unspecified atom stereocenters. The summed E-state index contributed by atoms with van der Waals surface area (Å²) in [5.74, 6) is -0.0407. The van der Waals surface area contributed by atoms with Crippen molar-refractivity contribution in [3.8, 4) is 0 Å². The van der Waals surface area contributed by atoms with Crippen molar-refractivity contribution in [1.82, 2.24) is 19.9 Å². The number of imidazole rings is 1. The van der Waals surface area contributed by atoms with E-state index in [0.717, 1.165) is 21.7 Å². The Hall–Kier alpha value is -2.21. The van der Waals surface area contributed by atoms with E-state index in [2.05, 4.69) is 15.3 Å². The van der Waals surface area contributed by atoms with Gasteiger partial charge in [0.15, 0.2) is 0 Å². The van der Waals surface area contributed by atoms with Crippen molar-refractivity contribution in [2.45, 2.75) is 20.0 Å². The molecule has 3 rings (SSSR count). The van der Waals surface area contributed by atoms with Gasteiger partial charge in [-0.05, 0) is 19.1 Å². The summed E-state index contributed by atoms with van der Waals surface area (Å²) in [4.78, 5) is 20.5. The highest BCUT2D eigenvalue weighted by Gasteiger charge is 2.07. The lowest BCUT2D eigenvalue weighted by molar-refractivity contribution is -0.121. The summed E-state index contributed by atoms with van der Waals surface area (Å²) < 4.78 is 1.85. The van der Waals surface area contributed by atoms with Gasteiger partial charge in [0, 0.05) is 11.1 Å². The van der Waals surface area contributed by atoms with Crippen molar-refractivity contribution in [2.75, 3.05) is 0 Å². The molecule has 3 aromatic rings. The second-order valence-corrected chi connectivity index (χ2v) is 5.46. The van der Waals surface area contributed by atoms with Crippen LogP contribution in [-0.4, -0.2) is 20.4 Å². The highest BCUT2D eigenvalue weighted by Crippen LogP contribution is 2.11. The normalized spacial score (nSPS) is 10.8. The summed E-state index contributed by atoms with van der Waals surface area (Å²) in [7, 11) is 0. The van der Waals surface area contributed by atoms with Crippen molar-refractivity contribution in [1.29, 1.82) is 0 Å². The largest absolute Gasteiger partial charge is 0.348 e. The van der Waals surface area contributed by atoms with Crippen LogP contribution in [0.5, 0.6) is 0 Å². The summed E-state index contributed by atoms with van der Waals surface area (Å²) >= 11 is 1.56. The van der Waals surface area contributed by atoms with Crippen LogP contribution in [0.4, 0.5) is 0 Å². The predicted molar refractivity (Wildman–Crippen MR) is 78.4 cm³/mol. The molecule has 102 valence electrons. The fourth-order valence-electron chi connectivity index (χ4n) is 2.01. The number of carbonyl (C=O) groups is 1. The number of para-hydroxylation sites is 2. The first-order valence-electron chi connectivity index (χ1n) is 6.30. The Morgan fingerprint density at radius 1 is 1.40 bits per heavy atom. The molecule has 0 aliphatic carbocycles. The highest BCUT2D eigenvalue weighted by molar-refractivity contribution is 7.09. The highest BCUT2D eigenvalue weighted by atomic mass is 32.1. The van der Waals surface area contributed by atoms with E-state index < -0.39 is 0 Å². The molecule has 5 nitrogen and oxygen atoms in total. The maximum Gasteiger partial charge on any atom is 0.240 e. The zero-order valence-corrected chi connectivity index (χ0v) is 11.9. The average Bonchev–Trinajstić information content (AvgIpc) is 3.04. The van der Waals surface area contributed by atoms with Crippen molar-refractivity contribution in [2.24, 2.45) is 0 Å². The number of fused-ring (bicyclic) bond motifs is 1. The molecule has 0 aliphatic rings. The molecule has 0 bridgehead atoms. The van der Waals surface area contributed by atoms with Gasteiger partial charge in [0.05, 0.1) is 23.9 Å². The van der Waals surface area contributed by atoms with Crippen LogP contribution in [0.15, 0.2) is 36.0 Å². The van der Waals surface area contributed by atoms with Gasteiger partial charge in [-0.2, -0.15) is 0 Å². The van der Waals surface area contributed by atoms with E-state index in [4.69, 9.17) is 0 Å². The summed E-state index contributed by atoms with van der Waals surface area (Å²) in [6.07, 6.45) is 1.69. The van der Waals surface area contributed by atoms with Gasteiger partial charge < -0.3 is 9.88 Å². The van der Waals surface area contributed by atoms with E-state index in [9.17, 15) is 4.79 Å². The van der Waals surface area contributed by atoms with E-state index in [1.807, 2.05) is 41.1 Å². The topological polar surface area (TPSA) is 59.8 Å². The van der Waals surface area contributed by atoms with Crippen LogP contribution in [0.2, 0.25) is 0 Å². The lowest BCUT2D eigenvalue weighted by atomic mass is 10.3. The molecule has 0 atom stereocenters. The molecule has 6 heteroatoms. The summed E-state index contributed by atoms with van der Waals surface area (Å²) in [5.41, 5.74) is 2.85. The number of hydrogen-bond acceptors (Lipinski definition) is 4. The van der Waals surface area contributed by atoms with Crippen molar-refractivity contribution < 1.29 is 4.79 Å². The molecular formula is C14H14N4OS. The molecule has 1 N–H and O–H groups in total. The molecule has 2 aromatic heterocycles. The van der Waals surface area contributed by atoms with Gasteiger partial charge in [-0.1, -0.05) is 12.1 Å². The number of rotatable bonds is 4. The molecule has 0 spiro atoms. The zero-order valence-electron chi connectivity index (χ0n) is 11.0. The van der Waals surface area contributed by atoms with Gasteiger partial charge in [0.1, 0.15) is 11.6 Å². The van der Waals surface area contributed by atoms with Crippen molar-refractivity contribution in [3.05, 3.63) is 46.7 Å². The van der Waals surface area contributed by atoms with Crippen molar-refractivity contribution in [3.63, 3.8) is 0 Å². The number of nitrogens with one attached hydrogen (secondary N) is 1. The quantitative estimate of drug-likeness (QED) is 0.799. The van der Waals surface area contributed by atoms with Crippen LogP contribution in [0.25, 0.3) is 11.0 Å². The lowest BCUT2D eigenvalue weighted by Gasteiger charge is -2.05. The molecule has 1 amide bonds. The van der Waals surface area contributed by atoms with Crippen LogP contribution in [0.1, 0.15) is 10.7 Å². The third-order valence-electron chi connectivity index (χ3n) is 2.94. The molecule has 2 heterocycles. The standard InChI is InChI=1S/C14H14N4OS/c1-10-8-20-14(17-10)6-15-13(19)7-18-9-16-11-4-2-3-5-12(11)18/h2-5,8-9H,6-7H2,1H3,(H,15,19). The number of aryl methyl sites for hydroxylation is 1. The number of amides is 1. The minimum Gasteiger partial charge on any atom is -0.348 e. The molecule has 0 saturated heterocycles. The van der Waals surface area contributed by atoms with E-state index in [1.165, 1.54) is 0 Å². The molecular weight excluding hydrogens is 272 g/mol. The number of hydrogen-bond donors (Lipinski definition) is 1. The lowest BCUT2D eigenvalue weighted by Crippen LogP contribution is -2.26. The van der Waals surface area contributed by atoms with Gasteiger partial charge in [-0.3, -0.25) is 4.79 Å². The van der Waals surface area contributed by atoms with Crippen molar-refractivity contribution >= 4 is 28.3 Å². The van der Waals surface area contributed by atoms with Gasteiger partial charge in [0.2, 0.25) is 5.91 Å². The zero-order chi connectivity index (χ0) is 13.9. The Bertz CT molecular complexity index is 746.